The van der Waals surface area contributed by atoms with Gasteiger partial charge in [0.1, 0.15) is 12.2 Å². The summed E-state index contributed by atoms with van der Waals surface area (Å²) in [7, 11) is 1.54. The second kappa shape index (κ2) is 8.96. The highest BCUT2D eigenvalue weighted by atomic mass is 16.5. The zero-order valence-corrected chi connectivity index (χ0v) is 18.3. The number of hydrogen-bond donors (Lipinski definition) is 0. The van der Waals surface area contributed by atoms with E-state index in [1.165, 1.54) is 11.8 Å². The Morgan fingerprint density at radius 3 is 2.74 bits per heavy atom. The van der Waals surface area contributed by atoms with Crippen LogP contribution in [0.15, 0.2) is 87.1 Å². The first-order chi connectivity index (χ1) is 16.7. The number of aromatic nitrogens is 2. The van der Waals surface area contributed by atoms with Crippen molar-refractivity contribution in [3.63, 3.8) is 0 Å². The molecule has 0 saturated carbocycles. The first-order valence-electron chi connectivity index (χ1n) is 10.5. The van der Waals surface area contributed by atoms with Crippen LogP contribution < -0.4 is 15.0 Å². The first kappa shape index (κ1) is 21.0. The summed E-state index contributed by atoms with van der Waals surface area (Å²) >= 11 is 0. The lowest BCUT2D eigenvalue weighted by molar-refractivity contribution is 0.331. The quantitative estimate of drug-likeness (QED) is 0.277. The standard InChI is InChI=1S/C27H19N3O4/c1-3-14-33-23-13-12-18(15-24(23)32-2)17-28-30-26(25-16-19-8-4-7-11-22(19)34-25)29-21-10-6-5-9-20(21)27(30)31/h1,4-13,15-17H,14H2,2H3. The normalized spacial score (nSPS) is 11.2. The highest BCUT2D eigenvalue weighted by Crippen LogP contribution is 2.28. The number of para-hydroxylation sites is 2. The van der Waals surface area contributed by atoms with Gasteiger partial charge < -0.3 is 13.9 Å². The van der Waals surface area contributed by atoms with Crippen LogP contribution in [0, 0.1) is 12.3 Å². The maximum Gasteiger partial charge on any atom is 0.282 e. The molecule has 0 spiro atoms. The number of terminal acetylenes is 1. The zero-order chi connectivity index (χ0) is 23.5. The SMILES string of the molecule is C#CCOc1ccc(C=Nn2c(-c3cc4ccccc4o3)nc3ccccc3c2=O)cc1OC. The highest BCUT2D eigenvalue weighted by Gasteiger charge is 2.16. The van der Waals surface area contributed by atoms with Gasteiger partial charge in [-0.05, 0) is 48.0 Å². The Morgan fingerprint density at radius 2 is 1.91 bits per heavy atom. The molecule has 0 bridgehead atoms. The molecule has 0 fully saturated rings. The minimum atomic E-state index is -0.307. The van der Waals surface area contributed by atoms with Crippen LogP contribution in [0.25, 0.3) is 33.5 Å². The van der Waals surface area contributed by atoms with Crippen LogP contribution >= 0.6 is 0 Å². The Morgan fingerprint density at radius 1 is 1.09 bits per heavy atom. The summed E-state index contributed by atoms with van der Waals surface area (Å²) in [5.41, 5.74) is 1.65. The molecule has 0 aliphatic rings. The van der Waals surface area contributed by atoms with E-state index in [-0.39, 0.29) is 12.2 Å². The number of furan rings is 1. The van der Waals surface area contributed by atoms with E-state index < -0.39 is 0 Å². The number of benzene rings is 3. The fourth-order valence-corrected chi connectivity index (χ4v) is 3.61. The summed E-state index contributed by atoms with van der Waals surface area (Å²) in [6.07, 6.45) is 6.82. The molecular weight excluding hydrogens is 430 g/mol. The van der Waals surface area contributed by atoms with Gasteiger partial charge in [0.25, 0.3) is 5.56 Å². The summed E-state index contributed by atoms with van der Waals surface area (Å²) in [6, 6.07) is 21.9. The van der Waals surface area contributed by atoms with E-state index in [4.69, 9.17) is 20.3 Å². The molecule has 0 unspecified atom stereocenters. The molecule has 2 aromatic heterocycles. The molecule has 0 atom stereocenters. The van der Waals surface area contributed by atoms with Crippen molar-refractivity contribution in [2.45, 2.75) is 0 Å². The van der Waals surface area contributed by atoms with Crippen LogP contribution in [0.2, 0.25) is 0 Å². The molecule has 5 aromatic rings. The van der Waals surface area contributed by atoms with Crippen LogP contribution in [0.3, 0.4) is 0 Å². The van der Waals surface area contributed by atoms with E-state index in [9.17, 15) is 4.79 Å². The number of nitrogens with zero attached hydrogens (tertiary/aromatic N) is 3. The molecule has 0 saturated heterocycles. The van der Waals surface area contributed by atoms with Crippen molar-refractivity contribution in [1.82, 2.24) is 9.66 Å². The Balaban J connectivity index is 1.63. The number of methoxy groups -OCH3 is 1. The first-order valence-corrected chi connectivity index (χ1v) is 10.5. The number of fused-ring (bicyclic) bond motifs is 2. The second-order valence-corrected chi connectivity index (χ2v) is 7.37. The third-order valence-corrected chi connectivity index (χ3v) is 5.22. The molecule has 7 heteroatoms. The molecule has 3 aromatic carbocycles. The third-order valence-electron chi connectivity index (χ3n) is 5.22. The predicted molar refractivity (Wildman–Crippen MR) is 132 cm³/mol. The average Bonchev–Trinajstić information content (AvgIpc) is 3.31. The van der Waals surface area contributed by atoms with Gasteiger partial charge in [0, 0.05) is 5.39 Å². The van der Waals surface area contributed by atoms with E-state index in [0.717, 1.165) is 5.39 Å². The van der Waals surface area contributed by atoms with E-state index in [0.29, 0.717) is 45.1 Å². The second-order valence-electron chi connectivity index (χ2n) is 7.37. The van der Waals surface area contributed by atoms with Crippen molar-refractivity contribution in [3.05, 3.63) is 88.7 Å². The Hall–Kier alpha value is -4.83. The van der Waals surface area contributed by atoms with Crippen LogP contribution in [0.4, 0.5) is 0 Å². The third kappa shape index (κ3) is 3.89. The molecular formula is C27H19N3O4. The summed E-state index contributed by atoms with van der Waals surface area (Å²) < 4.78 is 18.1. The van der Waals surface area contributed by atoms with Crippen molar-refractivity contribution in [2.75, 3.05) is 13.7 Å². The maximum atomic E-state index is 13.4. The summed E-state index contributed by atoms with van der Waals surface area (Å²) in [6.45, 7) is 0.128. The van der Waals surface area contributed by atoms with Crippen LogP contribution in [-0.4, -0.2) is 29.6 Å². The van der Waals surface area contributed by atoms with Gasteiger partial charge in [-0.25, -0.2) is 4.98 Å². The van der Waals surface area contributed by atoms with Gasteiger partial charge >= 0.3 is 0 Å². The van der Waals surface area contributed by atoms with Gasteiger partial charge in [-0.2, -0.15) is 9.78 Å². The average molecular weight is 449 g/mol. The summed E-state index contributed by atoms with van der Waals surface area (Å²) in [4.78, 5) is 18.0. The van der Waals surface area contributed by atoms with E-state index in [1.54, 1.807) is 42.6 Å². The molecule has 0 N–H and O–H groups in total. The fourth-order valence-electron chi connectivity index (χ4n) is 3.61. The predicted octanol–water partition coefficient (Wildman–Crippen LogP) is 4.71. The van der Waals surface area contributed by atoms with E-state index >= 15 is 0 Å². The van der Waals surface area contributed by atoms with Crippen molar-refractivity contribution in [3.8, 4) is 35.4 Å². The van der Waals surface area contributed by atoms with Crippen molar-refractivity contribution >= 4 is 28.1 Å². The number of ether oxygens (including phenoxy) is 2. The van der Waals surface area contributed by atoms with Gasteiger partial charge in [-0.3, -0.25) is 4.79 Å². The molecule has 166 valence electrons. The zero-order valence-electron chi connectivity index (χ0n) is 18.3. The topological polar surface area (TPSA) is 78.9 Å². The van der Waals surface area contributed by atoms with E-state index in [1.807, 2.05) is 36.4 Å². The van der Waals surface area contributed by atoms with Crippen LogP contribution in [0.1, 0.15) is 5.56 Å². The molecule has 34 heavy (non-hydrogen) atoms. The van der Waals surface area contributed by atoms with Crippen LogP contribution in [-0.2, 0) is 0 Å². The van der Waals surface area contributed by atoms with Gasteiger partial charge in [0.15, 0.2) is 17.3 Å². The molecule has 0 radical (unpaired) electrons. The fraction of sp³-hybridized carbons (Fsp3) is 0.0741. The molecule has 0 aliphatic carbocycles. The molecule has 0 amide bonds. The van der Waals surface area contributed by atoms with Crippen molar-refractivity contribution in [2.24, 2.45) is 5.10 Å². The lowest BCUT2D eigenvalue weighted by Crippen LogP contribution is -2.20. The summed E-state index contributed by atoms with van der Waals surface area (Å²) in [5.74, 6) is 4.19. The van der Waals surface area contributed by atoms with E-state index in [2.05, 4.69) is 16.0 Å². The molecule has 0 aliphatic heterocycles. The molecule has 5 rings (SSSR count). The highest BCUT2D eigenvalue weighted by molar-refractivity contribution is 5.85. The monoisotopic (exact) mass is 449 g/mol. The largest absolute Gasteiger partial charge is 0.493 e. The Kier molecular flexibility index (Phi) is 5.55. The molecule has 7 nitrogen and oxygen atoms in total. The van der Waals surface area contributed by atoms with Gasteiger partial charge in [0.2, 0.25) is 5.82 Å². The lowest BCUT2D eigenvalue weighted by atomic mass is 10.2. The van der Waals surface area contributed by atoms with Gasteiger partial charge in [-0.15, -0.1) is 6.42 Å². The van der Waals surface area contributed by atoms with Crippen molar-refractivity contribution < 1.29 is 13.9 Å². The minimum absolute atomic E-state index is 0.128. The number of hydrogen-bond acceptors (Lipinski definition) is 6. The van der Waals surface area contributed by atoms with Crippen LogP contribution in [0.5, 0.6) is 11.5 Å². The van der Waals surface area contributed by atoms with Crippen molar-refractivity contribution in [1.29, 1.82) is 0 Å². The maximum absolute atomic E-state index is 13.4. The van der Waals surface area contributed by atoms with Gasteiger partial charge in [0.05, 0.1) is 24.2 Å². The lowest BCUT2D eigenvalue weighted by Gasteiger charge is -2.09. The Labute approximate surface area is 194 Å². The molecule has 2 heterocycles. The number of rotatable bonds is 6. The smallest absolute Gasteiger partial charge is 0.282 e. The minimum Gasteiger partial charge on any atom is -0.493 e. The Bertz CT molecular complexity index is 1610. The van der Waals surface area contributed by atoms with Gasteiger partial charge in [-0.1, -0.05) is 36.3 Å². The summed E-state index contributed by atoms with van der Waals surface area (Å²) in [5, 5.41) is 5.83.